The fourth-order valence-electron chi connectivity index (χ4n) is 3.87. The lowest BCUT2D eigenvalue weighted by Crippen LogP contribution is -2.37. The lowest BCUT2D eigenvalue weighted by Gasteiger charge is -2.35. The van der Waals surface area contributed by atoms with Crippen LogP contribution in [-0.2, 0) is 0 Å². The molecule has 0 aromatic heterocycles. The topological polar surface area (TPSA) is 32.3 Å². The molecule has 1 amide bonds. The van der Waals surface area contributed by atoms with Crippen LogP contribution in [0.5, 0.6) is 0 Å². The molecule has 0 aliphatic carbocycles. The Bertz CT molecular complexity index is 917. The Morgan fingerprint density at radius 2 is 1.54 bits per heavy atom. The van der Waals surface area contributed by atoms with Gasteiger partial charge >= 0.3 is 0 Å². The highest BCUT2D eigenvalue weighted by Gasteiger charge is 2.18. The van der Waals surface area contributed by atoms with Crippen LogP contribution >= 0.6 is 0 Å². The first-order chi connectivity index (χ1) is 13.7. The van der Waals surface area contributed by atoms with Gasteiger partial charge in [0, 0.05) is 29.5 Å². The first kappa shape index (κ1) is 18.3. The number of anilines is 2. The molecule has 3 heteroatoms. The minimum Gasteiger partial charge on any atom is -0.369 e. The van der Waals surface area contributed by atoms with Crippen molar-refractivity contribution in [3.05, 3.63) is 84.4 Å². The summed E-state index contributed by atoms with van der Waals surface area (Å²) < 4.78 is 0. The summed E-state index contributed by atoms with van der Waals surface area (Å²) in [6, 6.07) is 26.7. The lowest BCUT2D eigenvalue weighted by molar-refractivity contribution is 0.102. The van der Waals surface area contributed by atoms with Crippen molar-refractivity contribution >= 4 is 17.3 Å². The van der Waals surface area contributed by atoms with E-state index in [1.165, 1.54) is 24.9 Å². The fraction of sp³-hybridized carbons (Fsp3) is 0.240. The molecule has 0 spiro atoms. The molecule has 0 bridgehead atoms. The summed E-state index contributed by atoms with van der Waals surface area (Å²) in [6.45, 7) is 3.40. The molecule has 1 aliphatic rings. The first-order valence-electron chi connectivity index (χ1n) is 10.0. The van der Waals surface area contributed by atoms with Gasteiger partial charge < -0.3 is 10.2 Å². The molecule has 0 unspecified atom stereocenters. The molecule has 0 radical (unpaired) electrons. The highest BCUT2D eigenvalue weighted by molar-refractivity contribution is 6.04. The van der Waals surface area contributed by atoms with Crippen LogP contribution in [0.25, 0.3) is 11.1 Å². The SMILES string of the molecule is C[C@H]1CCCCN1c1ccc(NC(=O)c2ccc(-c3ccccc3)cc2)cc1. The van der Waals surface area contributed by atoms with Crippen molar-refractivity contribution in [1.29, 1.82) is 0 Å². The number of nitrogens with one attached hydrogen (secondary N) is 1. The predicted molar refractivity (Wildman–Crippen MR) is 117 cm³/mol. The Labute approximate surface area is 167 Å². The van der Waals surface area contributed by atoms with Crippen LogP contribution in [0.3, 0.4) is 0 Å². The summed E-state index contributed by atoms with van der Waals surface area (Å²) in [5.41, 5.74) is 4.98. The van der Waals surface area contributed by atoms with Crippen molar-refractivity contribution in [2.45, 2.75) is 32.2 Å². The number of carbonyl (C=O) groups excluding carboxylic acids is 1. The van der Waals surface area contributed by atoms with Crippen molar-refractivity contribution in [3.8, 4) is 11.1 Å². The van der Waals surface area contributed by atoms with E-state index in [2.05, 4.69) is 41.4 Å². The third-order valence-corrected chi connectivity index (χ3v) is 5.51. The van der Waals surface area contributed by atoms with Gasteiger partial charge in [0.15, 0.2) is 0 Å². The Balaban J connectivity index is 1.42. The average Bonchev–Trinajstić information content (AvgIpc) is 2.75. The summed E-state index contributed by atoms with van der Waals surface area (Å²) in [4.78, 5) is 15.0. The number of carbonyl (C=O) groups is 1. The van der Waals surface area contributed by atoms with Crippen LogP contribution in [0.15, 0.2) is 78.9 Å². The van der Waals surface area contributed by atoms with Crippen molar-refractivity contribution < 1.29 is 4.79 Å². The summed E-state index contributed by atoms with van der Waals surface area (Å²) in [6.07, 6.45) is 3.81. The standard InChI is InChI=1S/C25H26N2O/c1-19-7-5-6-18-27(19)24-16-14-23(15-17-24)26-25(28)22-12-10-21(11-13-22)20-8-3-2-4-9-20/h2-4,8-17,19H,5-7,18H2,1H3,(H,26,28)/t19-/m0/s1. The van der Waals surface area contributed by atoms with Gasteiger partial charge in [-0.15, -0.1) is 0 Å². The minimum absolute atomic E-state index is 0.0845. The summed E-state index contributed by atoms with van der Waals surface area (Å²) in [5.74, 6) is -0.0845. The normalized spacial score (nSPS) is 16.6. The average molecular weight is 370 g/mol. The van der Waals surface area contributed by atoms with Gasteiger partial charge in [-0.05, 0) is 73.7 Å². The number of rotatable bonds is 4. The van der Waals surface area contributed by atoms with Crippen LogP contribution < -0.4 is 10.2 Å². The van der Waals surface area contributed by atoms with Gasteiger partial charge in [0.2, 0.25) is 0 Å². The predicted octanol–water partition coefficient (Wildman–Crippen LogP) is 5.98. The smallest absolute Gasteiger partial charge is 0.255 e. The largest absolute Gasteiger partial charge is 0.369 e. The molecule has 1 aliphatic heterocycles. The second-order valence-electron chi connectivity index (χ2n) is 7.48. The van der Waals surface area contributed by atoms with E-state index in [1.807, 2.05) is 54.6 Å². The lowest BCUT2D eigenvalue weighted by atomic mass is 10.0. The Morgan fingerprint density at radius 3 is 2.21 bits per heavy atom. The Kier molecular flexibility index (Phi) is 5.43. The fourth-order valence-corrected chi connectivity index (χ4v) is 3.87. The van der Waals surface area contributed by atoms with Crippen LogP contribution in [0, 0.1) is 0 Å². The van der Waals surface area contributed by atoms with Gasteiger partial charge in [-0.3, -0.25) is 4.79 Å². The maximum Gasteiger partial charge on any atom is 0.255 e. The summed E-state index contributed by atoms with van der Waals surface area (Å²) >= 11 is 0. The number of nitrogens with zero attached hydrogens (tertiary/aromatic N) is 1. The maximum atomic E-state index is 12.6. The van der Waals surface area contributed by atoms with Gasteiger partial charge in [-0.25, -0.2) is 0 Å². The van der Waals surface area contributed by atoms with E-state index in [1.54, 1.807) is 0 Å². The van der Waals surface area contributed by atoms with Crippen molar-refractivity contribution in [1.82, 2.24) is 0 Å². The molecule has 142 valence electrons. The summed E-state index contributed by atoms with van der Waals surface area (Å²) in [5, 5.41) is 3.00. The van der Waals surface area contributed by atoms with Crippen LogP contribution in [0.2, 0.25) is 0 Å². The van der Waals surface area contributed by atoms with E-state index < -0.39 is 0 Å². The van der Waals surface area contributed by atoms with E-state index in [4.69, 9.17) is 0 Å². The molecule has 1 saturated heterocycles. The number of benzene rings is 3. The molecule has 0 saturated carbocycles. The quantitative estimate of drug-likeness (QED) is 0.612. The second-order valence-corrected chi connectivity index (χ2v) is 7.48. The zero-order chi connectivity index (χ0) is 19.3. The molecule has 3 aromatic rings. The van der Waals surface area contributed by atoms with Crippen molar-refractivity contribution in [3.63, 3.8) is 0 Å². The van der Waals surface area contributed by atoms with Crippen LogP contribution in [0.4, 0.5) is 11.4 Å². The van der Waals surface area contributed by atoms with E-state index >= 15 is 0 Å². The van der Waals surface area contributed by atoms with Crippen LogP contribution in [-0.4, -0.2) is 18.5 Å². The van der Waals surface area contributed by atoms with Gasteiger partial charge in [0.05, 0.1) is 0 Å². The minimum atomic E-state index is -0.0845. The van der Waals surface area contributed by atoms with Gasteiger partial charge in [-0.2, -0.15) is 0 Å². The molecule has 4 rings (SSSR count). The number of hydrogen-bond donors (Lipinski definition) is 1. The van der Waals surface area contributed by atoms with Gasteiger partial charge in [0.1, 0.15) is 0 Å². The number of piperidine rings is 1. The second kappa shape index (κ2) is 8.30. The molecule has 1 heterocycles. The molecule has 1 atom stereocenters. The molecular formula is C25H26N2O. The van der Waals surface area contributed by atoms with E-state index in [0.29, 0.717) is 11.6 Å². The third kappa shape index (κ3) is 4.09. The molecule has 3 nitrogen and oxygen atoms in total. The van der Waals surface area contributed by atoms with Crippen molar-refractivity contribution in [2.75, 3.05) is 16.8 Å². The third-order valence-electron chi connectivity index (χ3n) is 5.51. The zero-order valence-corrected chi connectivity index (χ0v) is 16.3. The zero-order valence-electron chi connectivity index (χ0n) is 16.3. The molecule has 1 fully saturated rings. The molecule has 1 N–H and O–H groups in total. The molecule has 28 heavy (non-hydrogen) atoms. The monoisotopic (exact) mass is 370 g/mol. The Hall–Kier alpha value is -3.07. The summed E-state index contributed by atoms with van der Waals surface area (Å²) in [7, 11) is 0. The first-order valence-corrected chi connectivity index (χ1v) is 10.0. The molecular weight excluding hydrogens is 344 g/mol. The number of hydrogen-bond acceptors (Lipinski definition) is 2. The highest BCUT2D eigenvalue weighted by atomic mass is 16.1. The van der Waals surface area contributed by atoms with Crippen LogP contribution in [0.1, 0.15) is 36.5 Å². The molecule has 3 aromatic carbocycles. The van der Waals surface area contributed by atoms with E-state index in [9.17, 15) is 4.79 Å². The Morgan fingerprint density at radius 1 is 0.857 bits per heavy atom. The number of amides is 1. The van der Waals surface area contributed by atoms with Gasteiger partial charge in [0.25, 0.3) is 5.91 Å². The van der Waals surface area contributed by atoms with E-state index in [0.717, 1.165) is 23.4 Å². The van der Waals surface area contributed by atoms with Gasteiger partial charge in [-0.1, -0.05) is 42.5 Å². The maximum absolute atomic E-state index is 12.6. The van der Waals surface area contributed by atoms with E-state index in [-0.39, 0.29) is 5.91 Å². The highest BCUT2D eigenvalue weighted by Crippen LogP contribution is 2.26. The van der Waals surface area contributed by atoms with Crippen molar-refractivity contribution in [2.24, 2.45) is 0 Å².